The number of carbonyl (C=O) groups excluding carboxylic acids is 1. The lowest BCUT2D eigenvalue weighted by molar-refractivity contribution is 0.0730. The third kappa shape index (κ3) is 4.11. The second-order valence-electron chi connectivity index (χ2n) is 6.62. The van der Waals surface area contributed by atoms with Gasteiger partial charge in [-0.3, -0.25) is 9.36 Å². The molecule has 2 heterocycles. The highest BCUT2D eigenvalue weighted by Crippen LogP contribution is 2.21. The van der Waals surface area contributed by atoms with Crippen molar-refractivity contribution in [3.63, 3.8) is 0 Å². The summed E-state index contributed by atoms with van der Waals surface area (Å²) in [6.07, 6.45) is 2.83. The number of nitrogens with zero attached hydrogens (tertiary/aromatic N) is 3. The largest absolute Gasteiger partial charge is 0.379 e. The number of benzene rings is 2. The van der Waals surface area contributed by atoms with E-state index in [1.165, 1.54) is 57.8 Å². The molecule has 1 N–H and O–H groups in total. The quantitative estimate of drug-likeness (QED) is 0.670. The Kier molecular flexibility index (Phi) is 5.62. The van der Waals surface area contributed by atoms with Crippen molar-refractivity contribution in [3.8, 4) is 5.69 Å². The van der Waals surface area contributed by atoms with Crippen LogP contribution in [-0.2, 0) is 14.8 Å². The summed E-state index contributed by atoms with van der Waals surface area (Å²) in [4.78, 5) is 16.9. The topological polar surface area (TPSA) is 93.5 Å². The van der Waals surface area contributed by atoms with E-state index in [0.717, 1.165) is 0 Å². The molecular formula is C20H19FN4O4S. The van der Waals surface area contributed by atoms with Gasteiger partial charge in [0.2, 0.25) is 10.0 Å². The van der Waals surface area contributed by atoms with Crippen LogP contribution in [0, 0.1) is 5.82 Å². The van der Waals surface area contributed by atoms with Crippen LogP contribution >= 0.6 is 0 Å². The fraction of sp³-hybridized carbons (Fsp3) is 0.200. The van der Waals surface area contributed by atoms with Gasteiger partial charge in [-0.1, -0.05) is 6.07 Å². The summed E-state index contributed by atoms with van der Waals surface area (Å²) in [6, 6.07) is 11.7. The second-order valence-corrected chi connectivity index (χ2v) is 8.56. The van der Waals surface area contributed by atoms with Gasteiger partial charge in [0.15, 0.2) is 0 Å². The SMILES string of the molecule is O=C(Nc1cccc(S(=O)(=O)N2CCOCC2)c1)c1cncn1-c1ccc(F)cc1. The summed E-state index contributed by atoms with van der Waals surface area (Å²) < 4.78 is 46.9. The van der Waals surface area contributed by atoms with Crippen LogP contribution in [0.5, 0.6) is 0 Å². The molecule has 2 aromatic carbocycles. The standard InChI is InChI=1S/C20H19FN4O4S/c21-15-4-6-17(7-5-15)25-14-22-13-19(25)20(26)23-16-2-1-3-18(12-16)30(27,28)24-8-10-29-11-9-24/h1-7,12-14H,8-11H2,(H,23,26). The lowest BCUT2D eigenvalue weighted by atomic mass is 10.3. The summed E-state index contributed by atoms with van der Waals surface area (Å²) in [6.45, 7) is 1.28. The van der Waals surface area contributed by atoms with E-state index in [4.69, 9.17) is 4.74 Å². The molecule has 1 aliphatic heterocycles. The van der Waals surface area contributed by atoms with E-state index < -0.39 is 15.9 Å². The molecule has 0 saturated carbocycles. The Morgan fingerprint density at radius 3 is 2.57 bits per heavy atom. The molecule has 0 atom stereocenters. The number of aromatic nitrogens is 2. The molecule has 0 spiro atoms. The van der Waals surface area contributed by atoms with E-state index >= 15 is 0 Å². The zero-order chi connectivity index (χ0) is 21.1. The number of carbonyl (C=O) groups is 1. The Hall–Kier alpha value is -3.08. The summed E-state index contributed by atoms with van der Waals surface area (Å²) in [7, 11) is -3.68. The Morgan fingerprint density at radius 2 is 1.83 bits per heavy atom. The number of nitrogens with one attached hydrogen (secondary N) is 1. The molecule has 1 saturated heterocycles. The van der Waals surface area contributed by atoms with E-state index in [2.05, 4.69) is 10.3 Å². The van der Waals surface area contributed by atoms with Crippen LogP contribution in [0.2, 0.25) is 0 Å². The highest BCUT2D eigenvalue weighted by Gasteiger charge is 2.26. The average Bonchev–Trinajstić information content (AvgIpc) is 3.25. The number of morpholine rings is 1. The maximum Gasteiger partial charge on any atom is 0.274 e. The summed E-state index contributed by atoms with van der Waals surface area (Å²) >= 11 is 0. The van der Waals surface area contributed by atoms with E-state index in [9.17, 15) is 17.6 Å². The zero-order valence-corrected chi connectivity index (χ0v) is 16.7. The van der Waals surface area contributed by atoms with Crippen molar-refractivity contribution >= 4 is 21.6 Å². The van der Waals surface area contributed by atoms with Crippen molar-refractivity contribution in [1.29, 1.82) is 0 Å². The smallest absolute Gasteiger partial charge is 0.274 e. The van der Waals surface area contributed by atoms with Crippen molar-refractivity contribution in [2.24, 2.45) is 0 Å². The summed E-state index contributed by atoms with van der Waals surface area (Å²) in [5, 5.41) is 2.70. The number of imidazole rings is 1. The van der Waals surface area contributed by atoms with Crippen LogP contribution < -0.4 is 5.32 Å². The van der Waals surface area contributed by atoms with Crippen molar-refractivity contribution in [3.05, 3.63) is 72.6 Å². The Labute approximate surface area is 173 Å². The lowest BCUT2D eigenvalue weighted by Crippen LogP contribution is -2.40. The van der Waals surface area contributed by atoms with Gasteiger partial charge in [0, 0.05) is 24.5 Å². The Balaban J connectivity index is 1.56. The predicted octanol–water partition coefficient (Wildman–Crippen LogP) is 2.28. The van der Waals surface area contributed by atoms with E-state index in [-0.39, 0.29) is 29.5 Å². The molecule has 1 amide bonds. The molecule has 1 aromatic heterocycles. The molecule has 0 aliphatic carbocycles. The molecule has 0 bridgehead atoms. The number of anilines is 1. The molecule has 8 nitrogen and oxygen atoms in total. The Morgan fingerprint density at radius 1 is 1.10 bits per heavy atom. The highest BCUT2D eigenvalue weighted by molar-refractivity contribution is 7.89. The third-order valence-corrected chi connectivity index (χ3v) is 6.57. The molecule has 1 aliphatic rings. The molecule has 156 valence electrons. The first kappa shape index (κ1) is 20.2. The maximum atomic E-state index is 13.2. The minimum atomic E-state index is -3.68. The molecule has 10 heteroatoms. The van der Waals surface area contributed by atoms with Crippen LogP contribution in [-0.4, -0.2) is 54.5 Å². The van der Waals surface area contributed by atoms with Gasteiger partial charge in [-0.25, -0.2) is 17.8 Å². The van der Waals surface area contributed by atoms with Crippen LogP contribution in [0.25, 0.3) is 5.69 Å². The van der Waals surface area contributed by atoms with Crippen molar-refractivity contribution in [2.45, 2.75) is 4.90 Å². The van der Waals surface area contributed by atoms with E-state index in [0.29, 0.717) is 24.6 Å². The molecule has 1 fully saturated rings. The molecule has 4 rings (SSSR count). The van der Waals surface area contributed by atoms with Crippen LogP contribution in [0.1, 0.15) is 10.5 Å². The molecule has 3 aromatic rings. The number of sulfonamides is 1. The first-order valence-electron chi connectivity index (χ1n) is 9.23. The first-order chi connectivity index (χ1) is 14.4. The number of ether oxygens (including phenoxy) is 1. The zero-order valence-electron chi connectivity index (χ0n) is 15.9. The van der Waals surface area contributed by atoms with Crippen molar-refractivity contribution in [1.82, 2.24) is 13.9 Å². The predicted molar refractivity (Wildman–Crippen MR) is 107 cm³/mol. The monoisotopic (exact) mass is 430 g/mol. The fourth-order valence-electron chi connectivity index (χ4n) is 3.14. The summed E-state index contributed by atoms with van der Waals surface area (Å²) in [5.41, 5.74) is 1.13. The van der Waals surface area contributed by atoms with Crippen molar-refractivity contribution < 1.29 is 22.3 Å². The minimum Gasteiger partial charge on any atom is -0.379 e. The molecular weight excluding hydrogens is 411 g/mol. The van der Waals surface area contributed by atoms with Crippen LogP contribution in [0.4, 0.5) is 10.1 Å². The second kappa shape index (κ2) is 8.34. The van der Waals surface area contributed by atoms with Gasteiger partial charge < -0.3 is 10.1 Å². The van der Waals surface area contributed by atoms with Gasteiger partial charge >= 0.3 is 0 Å². The first-order valence-corrected chi connectivity index (χ1v) is 10.7. The molecule has 0 unspecified atom stereocenters. The van der Waals surface area contributed by atoms with Gasteiger partial charge in [0.05, 0.1) is 30.6 Å². The molecule has 0 radical (unpaired) electrons. The average molecular weight is 430 g/mol. The van der Waals surface area contributed by atoms with Gasteiger partial charge in [0.1, 0.15) is 11.5 Å². The fourth-order valence-corrected chi connectivity index (χ4v) is 4.59. The minimum absolute atomic E-state index is 0.0919. The highest BCUT2D eigenvalue weighted by atomic mass is 32.2. The van der Waals surface area contributed by atoms with Gasteiger partial charge in [-0.05, 0) is 42.5 Å². The molecule has 30 heavy (non-hydrogen) atoms. The number of amides is 1. The number of hydrogen-bond donors (Lipinski definition) is 1. The Bertz CT molecular complexity index is 1160. The van der Waals surface area contributed by atoms with E-state index in [1.807, 2.05) is 0 Å². The van der Waals surface area contributed by atoms with Crippen molar-refractivity contribution in [2.75, 3.05) is 31.6 Å². The maximum absolute atomic E-state index is 13.2. The van der Waals surface area contributed by atoms with Crippen LogP contribution in [0.15, 0.2) is 66.0 Å². The van der Waals surface area contributed by atoms with E-state index in [1.54, 1.807) is 12.1 Å². The number of hydrogen-bond acceptors (Lipinski definition) is 5. The normalized spacial score (nSPS) is 15.1. The van der Waals surface area contributed by atoms with Gasteiger partial charge in [-0.15, -0.1) is 0 Å². The number of halogens is 1. The van der Waals surface area contributed by atoms with Crippen LogP contribution in [0.3, 0.4) is 0 Å². The third-order valence-electron chi connectivity index (χ3n) is 4.68. The summed E-state index contributed by atoms with van der Waals surface area (Å²) in [5.74, 6) is -0.860. The number of rotatable bonds is 5. The van der Waals surface area contributed by atoms with Gasteiger partial charge in [-0.2, -0.15) is 4.31 Å². The lowest BCUT2D eigenvalue weighted by Gasteiger charge is -2.26. The van der Waals surface area contributed by atoms with Gasteiger partial charge in [0.25, 0.3) is 5.91 Å².